The molecule has 0 heterocycles. The topological polar surface area (TPSA) is 64.3 Å². The lowest BCUT2D eigenvalue weighted by Crippen LogP contribution is -2.29. The molecule has 0 spiro atoms. The minimum Gasteiger partial charge on any atom is -0.496 e. The van der Waals surface area contributed by atoms with Crippen molar-refractivity contribution in [3.8, 4) is 5.75 Å². The number of amides is 1. The van der Waals surface area contributed by atoms with Gasteiger partial charge in [0.25, 0.3) is 0 Å². The summed E-state index contributed by atoms with van der Waals surface area (Å²) in [5, 5.41) is 0. The second-order valence-electron chi connectivity index (χ2n) is 4.18. The van der Waals surface area contributed by atoms with Crippen molar-refractivity contribution in [2.75, 3.05) is 7.11 Å². The highest BCUT2D eigenvalue weighted by Crippen LogP contribution is 2.24. The van der Waals surface area contributed by atoms with Crippen molar-refractivity contribution in [2.45, 2.75) is 33.1 Å². The first-order valence-electron chi connectivity index (χ1n) is 5.72. The quantitative estimate of drug-likeness (QED) is 0.464. The summed E-state index contributed by atoms with van der Waals surface area (Å²) in [6, 6.07) is 4.21. The van der Waals surface area contributed by atoms with Crippen LogP contribution in [0.2, 0.25) is 0 Å². The van der Waals surface area contributed by atoms with Crippen LogP contribution in [0.4, 0.5) is 0 Å². The predicted molar refractivity (Wildman–Crippen MR) is 67.7 cm³/mol. The Labute approximate surface area is 102 Å². The largest absolute Gasteiger partial charge is 0.496 e. The zero-order chi connectivity index (χ0) is 12.8. The number of ether oxygens (including phenoxy) is 1. The van der Waals surface area contributed by atoms with Crippen molar-refractivity contribution in [2.24, 2.45) is 5.84 Å². The van der Waals surface area contributed by atoms with Crippen LogP contribution in [0.3, 0.4) is 0 Å². The second kappa shape index (κ2) is 6.25. The molecule has 0 atom stereocenters. The smallest absolute Gasteiger partial charge is 0.233 e. The number of hydrazine groups is 1. The molecule has 3 N–H and O–H groups in total. The fourth-order valence-corrected chi connectivity index (χ4v) is 2.03. The maximum atomic E-state index is 11.0. The maximum absolute atomic E-state index is 11.0. The van der Waals surface area contributed by atoms with Crippen molar-refractivity contribution in [3.05, 3.63) is 28.8 Å². The Kier molecular flexibility index (Phi) is 4.97. The molecule has 0 aliphatic heterocycles. The average Bonchev–Trinajstić information content (AvgIpc) is 2.28. The van der Waals surface area contributed by atoms with Crippen LogP contribution in [0, 0.1) is 13.8 Å². The van der Waals surface area contributed by atoms with Gasteiger partial charge in [-0.05, 0) is 43.4 Å². The number of nitrogens with one attached hydrogen (secondary N) is 1. The van der Waals surface area contributed by atoms with Crippen LogP contribution in [0.1, 0.15) is 29.5 Å². The van der Waals surface area contributed by atoms with Crippen molar-refractivity contribution < 1.29 is 9.53 Å². The number of carbonyl (C=O) groups is 1. The van der Waals surface area contributed by atoms with Gasteiger partial charge in [0.2, 0.25) is 5.91 Å². The number of aryl methyl sites for hydroxylation is 3. The number of nitrogens with two attached hydrogens (primary N) is 1. The van der Waals surface area contributed by atoms with E-state index in [1.807, 2.05) is 13.8 Å². The lowest BCUT2D eigenvalue weighted by Gasteiger charge is -2.11. The molecule has 0 unspecified atom stereocenters. The van der Waals surface area contributed by atoms with Crippen molar-refractivity contribution >= 4 is 5.91 Å². The molecule has 1 aromatic carbocycles. The van der Waals surface area contributed by atoms with E-state index < -0.39 is 0 Å². The fraction of sp³-hybridized carbons (Fsp3) is 0.462. The fourth-order valence-electron chi connectivity index (χ4n) is 2.03. The maximum Gasteiger partial charge on any atom is 0.233 e. The summed E-state index contributed by atoms with van der Waals surface area (Å²) in [4.78, 5) is 11.0. The molecule has 0 aromatic heterocycles. The summed E-state index contributed by atoms with van der Waals surface area (Å²) >= 11 is 0. The first-order valence-corrected chi connectivity index (χ1v) is 5.72. The Balaban J connectivity index is 2.64. The highest BCUT2D eigenvalue weighted by molar-refractivity contribution is 5.75. The monoisotopic (exact) mass is 236 g/mol. The molecule has 0 saturated carbocycles. The van der Waals surface area contributed by atoms with E-state index in [0.717, 1.165) is 29.7 Å². The predicted octanol–water partition coefficient (Wildman–Crippen LogP) is 1.62. The third kappa shape index (κ3) is 3.75. The molecule has 17 heavy (non-hydrogen) atoms. The molecule has 0 radical (unpaired) electrons. The van der Waals surface area contributed by atoms with Gasteiger partial charge in [-0.25, -0.2) is 5.84 Å². The summed E-state index contributed by atoms with van der Waals surface area (Å²) in [5.74, 6) is 5.84. The Morgan fingerprint density at radius 1 is 1.35 bits per heavy atom. The Bertz CT molecular complexity index is 379. The number of carbonyl (C=O) groups excluding carboxylic acids is 1. The highest BCUT2D eigenvalue weighted by Gasteiger charge is 2.06. The molecule has 1 amide bonds. The lowest BCUT2D eigenvalue weighted by atomic mass is 10.0. The third-order valence-electron chi connectivity index (χ3n) is 2.75. The molecule has 0 saturated heterocycles. The minimum absolute atomic E-state index is 0.119. The van der Waals surface area contributed by atoms with E-state index >= 15 is 0 Å². The van der Waals surface area contributed by atoms with Gasteiger partial charge in [0.05, 0.1) is 7.11 Å². The molecular weight excluding hydrogens is 216 g/mol. The van der Waals surface area contributed by atoms with Crippen LogP contribution < -0.4 is 16.0 Å². The number of hydrogen-bond acceptors (Lipinski definition) is 3. The van der Waals surface area contributed by atoms with E-state index in [4.69, 9.17) is 10.6 Å². The van der Waals surface area contributed by atoms with E-state index in [1.165, 1.54) is 5.56 Å². The van der Waals surface area contributed by atoms with Gasteiger partial charge in [-0.2, -0.15) is 0 Å². The van der Waals surface area contributed by atoms with Crippen LogP contribution in [0.5, 0.6) is 5.75 Å². The van der Waals surface area contributed by atoms with Gasteiger partial charge in [-0.15, -0.1) is 0 Å². The number of hydrogen-bond donors (Lipinski definition) is 2. The molecule has 1 aromatic rings. The van der Waals surface area contributed by atoms with Gasteiger partial charge >= 0.3 is 0 Å². The van der Waals surface area contributed by atoms with E-state index in [9.17, 15) is 4.79 Å². The van der Waals surface area contributed by atoms with Crippen LogP contribution >= 0.6 is 0 Å². The molecule has 0 aliphatic carbocycles. The Hall–Kier alpha value is -1.55. The summed E-state index contributed by atoms with van der Waals surface area (Å²) < 4.78 is 5.31. The minimum atomic E-state index is -0.119. The highest BCUT2D eigenvalue weighted by atomic mass is 16.5. The van der Waals surface area contributed by atoms with Crippen molar-refractivity contribution in [3.63, 3.8) is 0 Å². The van der Waals surface area contributed by atoms with Crippen molar-refractivity contribution in [1.82, 2.24) is 5.43 Å². The van der Waals surface area contributed by atoms with Gasteiger partial charge in [0, 0.05) is 6.42 Å². The van der Waals surface area contributed by atoms with Crippen LogP contribution in [0.15, 0.2) is 12.1 Å². The number of rotatable bonds is 5. The molecule has 94 valence electrons. The molecule has 1 rings (SSSR count). The second-order valence-corrected chi connectivity index (χ2v) is 4.18. The van der Waals surface area contributed by atoms with Crippen LogP contribution in [0.25, 0.3) is 0 Å². The summed E-state index contributed by atoms with van der Waals surface area (Å²) in [6.45, 7) is 4.06. The first kappa shape index (κ1) is 13.5. The number of benzene rings is 1. The van der Waals surface area contributed by atoms with E-state index in [2.05, 4.69) is 17.6 Å². The molecule has 0 fully saturated rings. The lowest BCUT2D eigenvalue weighted by molar-refractivity contribution is -0.121. The van der Waals surface area contributed by atoms with Gasteiger partial charge in [0.1, 0.15) is 5.75 Å². The number of methoxy groups -OCH3 is 1. The van der Waals surface area contributed by atoms with Crippen LogP contribution in [-0.2, 0) is 11.2 Å². The molecule has 4 nitrogen and oxygen atoms in total. The first-order chi connectivity index (χ1) is 8.08. The van der Waals surface area contributed by atoms with Gasteiger partial charge in [-0.3, -0.25) is 10.2 Å². The van der Waals surface area contributed by atoms with Gasteiger partial charge in [0.15, 0.2) is 0 Å². The van der Waals surface area contributed by atoms with Gasteiger partial charge < -0.3 is 4.74 Å². The molecule has 0 aliphatic rings. The average molecular weight is 236 g/mol. The van der Waals surface area contributed by atoms with Gasteiger partial charge in [-0.1, -0.05) is 12.1 Å². The normalized spacial score (nSPS) is 10.1. The third-order valence-corrected chi connectivity index (χ3v) is 2.75. The molecular formula is C13H20N2O2. The van der Waals surface area contributed by atoms with Crippen molar-refractivity contribution in [1.29, 1.82) is 0 Å². The summed E-state index contributed by atoms with van der Waals surface area (Å²) in [7, 11) is 1.68. The van der Waals surface area contributed by atoms with E-state index in [-0.39, 0.29) is 5.91 Å². The Morgan fingerprint density at radius 3 is 2.41 bits per heavy atom. The van der Waals surface area contributed by atoms with Crippen LogP contribution in [-0.4, -0.2) is 13.0 Å². The van der Waals surface area contributed by atoms with E-state index in [1.54, 1.807) is 7.11 Å². The van der Waals surface area contributed by atoms with E-state index in [0.29, 0.717) is 6.42 Å². The summed E-state index contributed by atoms with van der Waals surface area (Å²) in [6.07, 6.45) is 2.13. The Morgan fingerprint density at radius 2 is 1.94 bits per heavy atom. The standard InChI is InChI=1S/C13H20N2O2/c1-9-7-11(5-4-6-12(16)15-14)8-10(2)13(9)17-3/h7-8H,4-6,14H2,1-3H3,(H,15,16). The molecule has 0 bridgehead atoms. The zero-order valence-electron chi connectivity index (χ0n) is 10.7. The zero-order valence-corrected chi connectivity index (χ0v) is 10.7. The SMILES string of the molecule is COc1c(C)cc(CCCC(=O)NN)cc1C. The summed E-state index contributed by atoms with van der Waals surface area (Å²) in [5.41, 5.74) is 5.62. The molecule has 4 heteroatoms.